The van der Waals surface area contributed by atoms with Gasteiger partial charge in [-0.05, 0) is 34.7 Å². The second-order valence-electron chi connectivity index (χ2n) is 2.55. The van der Waals surface area contributed by atoms with Crippen LogP contribution in [0, 0.1) is 3.57 Å². The molecule has 1 rings (SSSR count). The molecule has 0 amide bonds. The van der Waals surface area contributed by atoms with Crippen LogP contribution in [-0.2, 0) is 10.1 Å². The number of rotatable bonds is 2. The number of aromatic hydroxyl groups is 1. The van der Waals surface area contributed by atoms with E-state index in [1.165, 1.54) is 6.07 Å². The fraction of sp³-hybridized carbons (Fsp3) is 0. The number of hydrogen-bond acceptors (Lipinski definition) is 4. The normalized spacial score (nSPS) is 11.3. The highest BCUT2D eigenvalue weighted by Crippen LogP contribution is 2.31. The predicted octanol–water partition coefficient (Wildman–Crippen LogP) is 0.942. The van der Waals surface area contributed by atoms with Gasteiger partial charge >= 0.3 is 5.97 Å². The standard InChI is InChI=1S/C7H5IO6S/c8-4-2-1-3(7(10)11)5(9)6(4)15(12,13)14/h1-2,9H,(H,10,11)(H,12,13,14). The summed E-state index contributed by atoms with van der Waals surface area (Å²) in [7, 11) is -4.64. The van der Waals surface area contributed by atoms with Crippen LogP contribution in [-0.4, -0.2) is 29.2 Å². The average Bonchev–Trinajstić information content (AvgIpc) is 2.00. The van der Waals surface area contributed by atoms with E-state index in [4.69, 9.17) is 9.66 Å². The molecule has 0 atom stereocenters. The van der Waals surface area contributed by atoms with Gasteiger partial charge in [0.25, 0.3) is 10.1 Å². The summed E-state index contributed by atoms with van der Waals surface area (Å²) in [5.41, 5.74) is -0.581. The van der Waals surface area contributed by atoms with Crippen molar-refractivity contribution in [1.29, 1.82) is 0 Å². The van der Waals surface area contributed by atoms with E-state index >= 15 is 0 Å². The van der Waals surface area contributed by atoms with E-state index in [0.29, 0.717) is 0 Å². The number of phenols is 1. The molecule has 0 aliphatic heterocycles. The Morgan fingerprint density at radius 3 is 2.27 bits per heavy atom. The Balaban J connectivity index is 3.66. The van der Waals surface area contributed by atoms with Crippen LogP contribution >= 0.6 is 22.6 Å². The Bertz CT molecular complexity index is 521. The number of carboxylic acids is 1. The Labute approximate surface area is 98.4 Å². The molecule has 0 heterocycles. The lowest BCUT2D eigenvalue weighted by Crippen LogP contribution is -2.06. The molecule has 15 heavy (non-hydrogen) atoms. The van der Waals surface area contributed by atoms with Gasteiger partial charge in [0.15, 0.2) is 5.75 Å². The van der Waals surface area contributed by atoms with E-state index < -0.39 is 32.3 Å². The van der Waals surface area contributed by atoms with E-state index in [1.54, 1.807) is 22.6 Å². The first-order valence-electron chi connectivity index (χ1n) is 3.47. The van der Waals surface area contributed by atoms with Crippen LogP contribution in [0.4, 0.5) is 0 Å². The van der Waals surface area contributed by atoms with Crippen molar-refractivity contribution in [2.24, 2.45) is 0 Å². The van der Waals surface area contributed by atoms with E-state index in [0.717, 1.165) is 6.07 Å². The van der Waals surface area contributed by atoms with Crippen molar-refractivity contribution >= 4 is 38.7 Å². The molecule has 82 valence electrons. The maximum atomic E-state index is 10.8. The van der Waals surface area contributed by atoms with Crippen molar-refractivity contribution in [3.05, 3.63) is 21.3 Å². The SMILES string of the molecule is O=C(O)c1ccc(I)c(S(=O)(=O)O)c1O. The number of hydrogen-bond donors (Lipinski definition) is 3. The molecule has 6 nitrogen and oxygen atoms in total. The fourth-order valence-electron chi connectivity index (χ4n) is 0.965. The summed E-state index contributed by atoms with van der Waals surface area (Å²) in [4.78, 5) is 9.78. The van der Waals surface area contributed by atoms with Crippen LogP contribution in [0.1, 0.15) is 10.4 Å². The highest BCUT2D eigenvalue weighted by Gasteiger charge is 2.24. The molecule has 1 aromatic carbocycles. The molecule has 3 N–H and O–H groups in total. The van der Waals surface area contributed by atoms with Crippen LogP contribution in [0.2, 0.25) is 0 Å². The number of benzene rings is 1. The Hall–Kier alpha value is -0.870. The molecule has 1 aromatic rings. The third-order valence-electron chi connectivity index (χ3n) is 1.57. The third-order valence-corrected chi connectivity index (χ3v) is 3.77. The molecular formula is C7H5IO6S. The minimum Gasteiger partial charge on any atom is -0.506 e. The zero-order valence-electron chi connectivity index (χ0n) is 7.01. The van der Waals surface area contributed by atoms with Crippen molar-refractivity contribution in [2.45, 2.75) is 4.90 Å². The number of aromatic carboxylic acids is 1. The third kappa shape index (κ3) is 2.38. The van der Waals surface area contributed by atoms with Crippen molar-refractivity contribution in [3.63, 3.8) is 0 Å². The summed E-state index contributed by atoms with van der Waals surface area (Å²) in [5, 5.41) is 18.0. The molecule has 0 unspecified atom stereocenters. The van der Waals surface area contributed by atoms with Gasteiger partial charge in [-0.3, -0.25) is 4.55 Å². The minimum atomic E-state index is -4.64. The van der Waals surface area contributed by atoms with Gasteiger partial charge in [-0.1, -0.05) is 0 Å². The molecule has 0 saturated heterocycles. The van der Waals surface area contributed by atoms with Gasteiger partial charge in [-0.15, -0.1) is 0 Å². The van der Waals surface area contributed by atoms with Crippen molar-refractivity contribution in [3.8, 4) is 5.75 Å². The Morgan fingerprint density at radius 2 is 1.87 bits per heavy atom. The van der Waals surface area contributed by atoms with E-state index in [9.17, 15) is 18.3 Å². The molecule has 0 aromatic heterocycles. The highest BCUT2D eigenvalue weighted by molar-refractivity contribution is 14.1. The topological polar surface area (TPSA) is 112 Å². The van der Waals surface area contributed by atoms with E-state index in [-0.39, 0.29) is 3.57 Å². The summed E-state index contributed by atoms with van der Waals surface area (Å²) in [6.07, 6.45) is 0. The zero-order chi connectivity index (χ0) is 11.8. The van der Waals surface area contributed by atoms with Gasteiger partial charge in [-0.25, -0.2) is 4.79 Å². The quantitative estimate of drug-likeness (QED) is 0.544. The summed E-state index contributed by atoms with van der Waals surface area (Å²) >= 11 is 1.56. The van der Waals surface area contributed by atoms with Gasteiger partial charge in [-0.2, -0.15) is 8.42 Å². The lowest BCUT2D eigenvalue weighted by Gasteiger charge is -2.06. The monoisotopic (exact) mass is 344 g/mol. The largest absolute Gasteiger partial charge is 0.506 e. The summed E-state index contributed by atoms with van der Waals surface area (Å²) in [6.45, 7) is 0. The summed E-state index contributed by atoms with van der Waals surface area (Å²) in [5.74, 6) is -2.44. The average molecular weight is 344 g/mol. The van der Waals surface area contributed by atoms with Crippen LogP contribution in [0.25, 0.3) is 0 Å². The van der Waals surface area contributed by atoms with E-state index in [2.05, 4.69) is 0 Å². The second kappa shape index (κ2) is 3.94. The summed E-state index contributed by atoms with van der Waals surface area (Å²) in [6, 6.07) is 2.22. The molecular weight excluding hydrogens is 339 g/mol. The molecule has 8 heteroatoms. The minimum absolute atomic E-state index is 0.0394. The number of carboxylic acid groups (broad SMARTS) is 1. The lowest BCUT2D eigenvalue weighted by atomic mass is 10.2. The van der Waals surface area contributed by atoms with Crippen molar-refractivity contribution < 1.29 is 28.0 Å². The van der Waals surface area contributed by atoms with Crippen LogP contribution in [0.5, 0.6) is 5.75 Å². The first-order valence-corrected chi connectivity index (χ1v) is 5.99. The second-order valence-corrected chi connectivity index (χ2v) is 5.07. The van der Waals surface area contributed by atoms with Crippen LogP contribution in [0.3, 0.4) is 0 Å². The van der Waals surface area contributed by atoms with Gasteiger partial charge in [0.2, 0.25) is 0 Å². The zero-order valence-corrected chi connectivity index (χ0v) is 9.98. The first kappa shape index (κ1) is 12.2. The molecule has 0 bridgehead atoms. The van der Waals surface area contributed by atoms with Gasteiger partial charge < -0.3 is 10.2 Å². The lowest BCUT2D eigenvalue weighted by molar-refractivity contribution is 0.0693. The van der Waals surface area contributed by atoms with Crippen molar-refractivity contribution in [2.75, 3.05) is 0 Å². The first-order chi connectivity index (χ1) is 6.75. The van der Waals surface area contributed by atoms with Crippen LogP contribution in [0.15, 0.2) is 17.0 Å². The maximum absolute atomic E-state index is 10.8. The van der Waals surface area contributed by atoms with Gasteiger partial charge in [0.1, 0.15) is 10.5 Å². The maximum Gasteiger partial charge on any atom is 0.339 e. The fourth-order valence-corrected chi connectivity index (χ4v) is 2.90. The number of carbonyl (C=O) groups is 1. The Kier molecular flexibility index (Phi) is 3.21. The molecule has 0 saturated carbocycles. The van der Waals surface area contributed by atoms with Crippen molar-refractivity contribution in [1.82, 2.24) is 0 Å². The smallest absolute Gasteiger partial charge is 0.339 e. The van der Waals surface area contributed by atoms with Gasteiger partial charge in [0, 0.05) is 3.57 Å². The van der Waals surface area contributed by atoms with Crippen LogP contribution < -0.4 is 0 Å². The summed E-state index contributed by atoms with van der Waals surface area (Å²) < 4.78 is 30.5. The highest BCUT2D eigenvalue weighted by atomic mass is 127. The molecule has 0 radical (unpaired) electrons. The molecule has 0 aliphatic carbocycles. The number of halogens is 1. The predicted molar refractivity (Wildman–Crippen MR) is 57.6 cm³/mol. The molecule has 0 fully saturated rings. The van der Waals surface area contributed by atoms with E-state index in [1.807, 2.05) is 0 Å². The Morgan fingerprint density at radius 1 is 1.33 bits per heavy atom. The molecule has 0 aliphatic rings. The molecule has 0 spiro atoms. The van der Waals surface area contributed by atoms with Gasteiger partial charge in [0.05, 0.1) is 0 Å².